The standard InChI is InChI=1S/C21H44.C3H7NO/c1-3-5-7-9-11-13-15-17-19-21-20-18-16-14-12-10-8-6-4-2;1-2-3(4)5/h3-21H2,1-2H3;2H2,1H3,(H2,4,5). The molecule has 0 aliphatic carbocycles. The van der Waals surface area contributed by atoms with Crippen LogP contribution in [0.25, 0.3) is 0 Å². The summed E-state index contributed by atoms with van der Waals surface area (Å²) >= 11 is 0. The van der Waals surface area contributed by atoms with Crippen LogP contribution in [0.3, 0.4) is 0 Å². The third kappa shape index (κ3) is 31.3. The molecule has 0 radical (unpaired) electrons. The summed E-state index contributed by atoms with van der Waals surface area (Å²) in [6.45, 7) is 6.32. The molecule has 0 atom stereocenters. The van der Waals surface area contributed by atoms with Crippen molar-refractivity contribution < 1.29 is 4.79 Å². The lowest BCUT2D eigenvalue weighted by atomic mass is 10.0. The number of amides is 1. The molecular weight excluding hydrogens is 318 g/mol. The summed E-state index contributed by atoms with van der Waals surface area (Å²) in [7, 11) is 0. The van der Waals surface area contributed by atoms with Gasteiger partial charge in [-0.05, 0) is 0 Å². The van der Waals surface area contributed by atoms with Crippen molar-refractivity contribution in [2.75, 3.05) is 0 Å². The van der Waals surface area contributed by atoms with E-state index in [0.717, 1.165) is 0 Å². The lowest BCUT2D eigenvalue weighted by molar-refractivity contribution is -0.117. The zero-order chi connectivity index (χ0) is 19.7. The maximum atomic E-state index is 9.59. The molecule has 26 heavy (non-hydrogen) atoms. The topological polar surface area (TPSA) is 43.1 Å². The molecule has 0 aromatic heterocycles. The van der Waals surface area contributed by atoms with Gasteiger partial charge in [0.05, 0.1) is 0 Å². The van der Waals surface area contributed by atoms with E-state index in [1.54, 1.807) is 6.92 Å². The van der Waals surface area contributed by atoms with Gasteiger partial charge in [-0.15, -0.1) is 0 Å². The van der Waals surface area contributed by atoms with Crippen LogP contribution < -0.4 is 5.73 Å². The van der Waals surface area contributed by atoms with Crippen molar-refractivity contribution in [2.24, 2.45) is 5.73 Å². The van der Waals surface area contributed by atoms with Crippen LogP contribution in [0.15, 0.2) is 0 Å². The Morgan fingerprint density at radius 1 is 0.462 bits per heavy atom. The molecule has 0 spiro atoms. The molecule has 0 saturated carbocycles. The molecule has 2 N–H and O–H groups in total. The van der Waals surface area contributed by atoms with Gasteiger partial charge in [-0.3, -0.25) is 4.79 Å². The van der Waals surface area contributed by atoms with E-state index in [9.17, 15) is 4.79 Å². The molecule has 0 fully saturated rings. The fraction of sp³-hybridized carbons (Fsp3) is 0.958. The highest BCUT2D eigenvalue weighted by molar-refractivity contribution is 5.73. The highest BCUT2D eigenvalue weighted by Gasteiger charge is 1.94. The van der Waals surface area contributed by atoms with E-state index in [1.165, 1.54) is 122 Å². The van der Waals surface area contributed by atoms with Crippen LogP contribution in [0.1, 0.15) is 149 Å². The van der Waals surface area contributed by atoms with Crippen LogP contribution in [0, 0.1) is 0 Å². The number of nitrogens with two attached hydrogens (primary N) is 1. The third-order valence-electron chi connectivity index (χ3n) is 5.06. The van der Waals surface area contributed by atoms with E-state index in [-0.39, 0.29) is 5.91 Å². The number of carbonyl (C=O) groups is 1. The fourth-order valence-electron chi connectivity index (χ4n) is 3.15. The van der Waals surface area contributed by atoms with Gasteiger partial charge < -0.3 is 5.73 Å². The van der Waals surface area contributed by atoms with Crippen molar-refractivity contribution in [1.29, 1.82) is 0 Å². The third-order valence-corrected chi connectivity index (χ3v) is 5.06. The summed E-state index contributed by atoms with van der Waals surface area (Å²) in [6.07, 6.45) is 28.3. The van der Waals surface area contributed by atoms with Crippen LogP contribution in [-0.2, 0) is 4.79 Å². The number of rotatable bonds is 19. The van der Waals surface area contributed by atoms with E-state index < -0.39 is 0 Å². The number of hydrogen-bond donors (Lipinski definition) is 1. The smallest absolute Gasteiger partial charge is 0.217 e. The lowest BCUT2D eigenvalue weighted by Crippen LogP contribution is -2.06. The molecule has 0 aromatic rings. The zero-order valence-corrected chi connectivity index (χ0v) is 18.6. The SMILES string of the molecule is CCC(N)=O.CCCCCCCCCCCCCCCCCCCCC. The maximum Gasteiger partial charge on any atom is 0.217 e. The number of primary amides is 1. The van der Waals surface area contributed by atoms with Crippen LogP contribution in [0.5, 0.6) is 0 Å². The second-order valence-electron chi connectivity index (χ2n) is 7.83. The molecule has 2 heteroatoms. The second kappa shape index (κ2) is 26.7. The Morgan fingerprint density at radius 3 is 0.731 bits per heavy atom. The molecule has 2 nitrogen and oxygen atoms in total. The van der Waals surface area contributed by atoms with Gasteiger partial charge in [0.2, 0.25) is 5.91 Å². The first-order valence-corrected chi connectivity index (χ1v) is 12.0. The first-order valence-electron chi connectivity index (χ1n) is 12.0. The van der Waals surface area contributed by atoms with Crippen LogP contribution in [0.4, 0.5) is 0 Å². The molecule has 0 rings (SSSR count). The molecule has 0 saturated heterocycles. The summed E-state index contributed by atoms with van der Waals surface area (Å²) < 4.78 is 0. The van der Waals surface area contributed by atoms with Gasteiger partial charge >= 0.3 is 0 Å². The van der Waals surface area contributed by atoms with Crippen molar-refractivity contribution in [2.45, 2.75) is 149 Å². The molecule has 0 aliphatic heterocycles. The average molecular weight is 370 g/mol. The normalized spacial score (nSPS) is 10.4. The Morgan fingerprint density at radius 2 is 0.615 bits per heavy atom. The Hall–Kier alpha value is -0.530. The minimum absolute atomic E-state index is 0.245. The first-order chi connectivity index (χ1) is 12.7. The zero-order valence-electron chi connectivity index (χ0n) is 18.6. The van der Waals surface area contributed by atoms with E-state index in [4.69, 9.17) is 0 Å². The van der Waals surface area contributed by atoms with Gasteiger partial charge in [0.1, 0.15) is 0 Å². The summed E-state index contributed by atoms with van der Waals surface area (Å²) in [5, 5.41) is 0. The van der Waals surface area contributed by atoms with E-state index in [2.05, 4.69) is 19.6 Å². The highest BCUT2D eigenvalue weighted by atomic mass is 16.1. The number of carbonyl (C=O) groups excluding carboxylic acids is 1. The predicted octanol–water partition coefficient (Wildman–Crippen LogP) is 8.32. The second-order valence-corrected chi connectivity index (χ2v) is 7.83. The van der Waals surface area contributed by atoms with E-state index >= 15 is 0 Å². The van der Waals surface area contributed by atoms with Crippen molar-refractivity contribution in [3.05, 3.63) is 0 Å². The van der Waals surface area contributed by atoms with Crippen molar-refractivity contribution >= 4 is 5.91 Å². The van der Waals surface area contributed by atoms with Gasteiger partial charge in [-0.25, -0.2) is 0 Å². The average Bonchev–Trinajstić information content (AvgIpc) is 2.64. The monoisotopic (exact) mass is 369 g/mol. The van der Waals surface area contributed by atoms with Gasteiger partial charge in [0.15, 0.2) is 0 Å². The summed E-state index contributed by atoms with van der Waals surface area (Å²) in [4.78, 5) is 9.59. The van der Waals surface area contributed by atoms with Crippen LogP contribution >= 0.6 is 0 Å². The molecule has 1 amide bonds. The maximum absolute atomic E-state index is 9.59. The molecule has 158 valence electrons. The fourth-order valence-corrected chi connectivity index (χ4v) is 3.15. The van der Waals surface area contributed by atoms with Gasteiger partial charge in [0.25, 0.3) is 0 Å². The van der Waals surface area contributed by atoms with Crippen molar-refractivity contribution in [3.8, 4) is 0 Å². The molecule has 0 unspecified atom stereocenters. The number of hydrogen-bond acceptors (Lipinski definition) is 1. The largest absolute Gasteiger partial charge is 0.370 e. The number of unbranched alkanes of at least 4 members (excludes halogenated alkanes) is 18. The van der Waals surface area contributed by atoms with Gasteiger partial charge in [-0.1, -0.05) is 143 Å². The Balaban J connectivity index is 0. The molecule has 0 aromatic carbocycles. The van der Waals surface area contributed by atoms with Crippen LogP contribution in [0.2, 0.25) is 0 Å². The molecule has 0 heterocycles. The summed E-state index contributed by atoms with van der Waals surface area (Å²) in [6, 6.07) is 0. The lowest BCUT2D eigenvalue weighted by Gasteiger charge is -2.03. The Bertz CT molecular complexity index is 235. The van der Waals surface area contributed by atoms with Crippen molar-refractivity contribution in [3.63, 3.8) is 0 Å². The molecular formula is C24H51NO. The van der Waals surface area contributed by atoms with E-state index in [0.29, 0.717) is 6.42 Å². The first kappa shape index (κ1) is 27.7. The van der Waals surface area contributed by atoms with Crippen LogP contribution in [-0.4, -0.2) is 5.91 Å². The summed E-state index contributed by atoms with van der Waals surface area (Å²) in [5.74, 6) is -0.245. The van der Waals surface area contributed by atoms with E-state index in [1.807, 2.05) is 0 Å². The van der Waals surface area contributed by atoms with Gasteiger partial charge in [0, 0.05) is 6.42 Å². The van der Waals surface area contributed by atoms with Crippen molar-refractivity contribution in [1.82, 2.24) is 0 Å². The Labute approximate surface area is 166 Å². The minimum atomic E-state index is -0.245. The Kier molecular flexibility index (Phi) is 28.4. The highest BCUT2D eigenvalue weighted by Crippen LogP contribution is 2.14. The minimum Gasteiger partial charge on any atom is -0.370 e. The summed E-state index contributed by atoms with van der Waals surface area (Å²) in [5.41, 5.74) is 4.65. The molecule has 0 bridgehead atoms. The quantitative estimate of drug-likeness (QED) is 0.228. The molecule has 0 aliphatic rings. The predicted molar refractivity (Wildman–Crippen MR) is 119 cm³/mol. The van der Waals surface area contributed by atoms with Gasteiger partial charge in [-0.2, -0.15) is 0 Å².